The van der Waals surface area contributed by atoms with Gasteiger partial charge in [0.15, 0.2) is 5.78 Å². The highest BCUT2D eigenvalue weighted by Gasteiger charge is 2.80. The summed E-state index contributed by atoms with van der Waals surface area (Å²) in [4.78, 5) is 38.3. The summed E-state index contributed by atoms with van der Waals surface area (Å²) in [6.07, 6.45) is -2.27. The highest BCUT2D eigenvalue weighted by Crippen LogP contribution is 2.70. The van der Waals surface area contributed by atoms with Gasteiger partial charge in [-0.1, -0.05) is 26.8 Å². The molecule has 0 amide bonds. The number of ether oxygens (including phenoxy) is 1. The number of rotatable bonds is 2. The van der Waals surface area contributed by atoms with E-state index in [1.165, 1.54) is 6.92 Å². The van der Waals surface area contributed by atoms with Crippen molar-refractivity contribution >= 4 is 18.0 Å². The second-order valence-corrected chi connectivity index (χ2v) is 10.2. The third kappa shape index (κ3) is 2.27. The smallest absolute Gasteiger partial charge is 0.303 e. The average molecular weight is 406 g/mol. The zero-order valence-electron chi connectivity index (χ0n) is 17.1. The van der Waals surface area contributed by atoms with Crippen LogP contribution < -0.4 is 0 Å². The number of ketones is 1. The van der Waals surface area contributed by atoms with E-state index in [2.05, 4.69) is 6.58 Å². The van der Waals surface area contributed by atoms with E-state index < -0.39 is 70.2 Å². The van der Waals surface area contributed by atoms with Gasteiger partial charge < -0.3 is 24.9 Å². The first-order chi connectivity index (χ1) is 13.5. The number of aliphatic hydroxyl groups excluding tert-OH is 3. The highest BCUT2D eigenvalue weighted by atomic mass is 16.5. The normalized spacial score (nSPS) is 50.5. The van der Waals surface area contributed by atoms with Gasteiger partial charge in [-0.3, -0.25) is 9.59 Å². The van der Waals surface area contributed by atoms with Gasteiger partial charge in [-0.05, 0) is 30.3 Å². The second kappa shape index (κ2) is 6.22. The van der Waals surface area contributed by atoms with Gasteiger partial charge >= 0.3 is 5.97 Å². The second-order valence-electron chi connectivity index (χ2n) is 10.2. The van der Waals surface area contributed by atoms with Crippen molar-refractivity contribution in [2.45, 2.75) is 70.9 Å². The molecule has 0 aliphatic heterocycles. The molecule has 0 saturated heterocycles. The van der Waals surface area contributed by atoms with Crippen molar-refractivity contribution in [1.82, 2.24) is 0 Å². The molecule has 7 heteroatoms. The van der Waals surface area contributed by atoms with Crippen LogP contribution in [0.1, 0.15) is 46.5 Å². The number of aliphatic hydroxyl groups is 3. The van der Waals surface area contributed by atoms with Crippen LogP contribution in [0.15, 0.2) is 12.2 Å². The number of Topliss-reactive ketones (excluding diaryl/α,β-unsaturated/α-hetero) is 1. The van der Waals surface area contributed by atoms with Crippen molar-refractivity contribution in [3.05, 3.63) is 12.2 Å². The molecule has 4 rings (SSSR count). The number of fused-ring (bicyclic) bond motifs is 3. The predicted molar refractivity (Wildman–Crippen MR) is 101 cm³/mol. The topological polar surface area (TPSA) is 121 Å². The molecule has 4 saturated carbocycles. The summed E-state index contributed by atoms with van der Waals surface area (Å²) in [5.74, 6) is -3.58. The molecule has 4 aliphatic carbocycles. The van der Waals surface area contributed by atoms with Crippen LogP contribution in [0.3, 0.4) is 0 Å². The van der Waals surface area contributed by atoms with Crippen molar-refractivity contribution in [2.75, 3.05) is 0 Å². The third-order valence-corrected chi connectivity index (χ3v) is 8.46. The highest BCUT2D eigenvalue weighted by molar-refractivity contribution is 5.95. The monoisotopic (exact) mass is 406 g/mol. The Labute approximate surface area is 170 Å². The van der Waals surface area contributed by atoms with Gasteiger partial charge in [0.2, 0.25) is 0 Å². The lowest BCUT2D eigenvalue weighted by Gasteiger charge is -2.65. The van der Waals surface area contributed by atoms with Gasteiger partial charge in [-0.25, -0.2) is 0 Å². The fourth-order valence-electron chi connectivity index (χ4n) is 7.68. The van der Waals surface area contributed by atoms with Gasteiger partial charge in [-0.15, -0.1) is 0 Å². The van der Waals surface area contributed by atoms with E-state index in [1.54, 1.807) is 0 Å². The molecule has 29 heavy (non-hydrogen) atoms. The van der Waals surface area contributed by atoms with Crippen LogP contribution in [0.2, 0.25) is 0 Å². The molecule has 1 spiro atoms. The van der Waals surface area contributed by atoms with Crippen molar-refractivity contribution in [2.24, 2.45) is 34.0 Å². The molecule has 0 aromatic heterocycles. The Balaban J connectivity index is 2.00. The summed E-state index contributed by atoms with van der Waals surface area (Å²) in [7, 11) is 0. The zero-order chi connectivity index (χ0) is 21.5. The standard InChI is InChI=1S/C22H30O7/c1-10-12-8-13(25)15-21(9-23)7-5-6-20(3,4)16(21)14(26)18(28)22(15,17(12)27)19(10)29-11(2)24/h9,12-17,19,25-27H,1,5-8H2,2-4H3. The molecule has 0 aromatic carbocycles. The number of esters is 1. The molecule has 2 bridgehead atoms. The zero-order valence-corrected chi connectivity index (χ0v) is 17.1. The van der Waals surface area contributed by atoms with E-state index in [4.69, 9.17) is 4.74 Å². The first-order valence-corrected chi connectivity index (χ1v) is 10.4. The van der Waals surface area contributed by atoms with E-state index in [0.29, 0.717) is 18.4 Å². The van der Waals surface area contributed by atoms with Gasteiger partial charge in [0.25, 0.3) is 0 Å². The SMILES string of the molecule is C=C1C2CC(O)C3C4(C=O)CCCC(C)(C)C4C(O)C(=O)C3(C1OC(C)=O)C2O. The minimum Gasteiger partial charge on any atom is -0.457 e. The van der Waals surface area contributed by atoms with Crippen LogP contribution in [0.5, 0.6) is 0 Å². The van der Waals surface area contributed by atoms with Gasteiger partial charge in [-0.2, -0.15) is 0 Å². The lowest BCUT2D eigenvalue weighted by molar-refractivity contribution is -0.244. The summed E-state index contributed by atoms with van der Waals surface area (Å²) in [5.41, 5.74) is -3.12. The molecule has 0 aromatic rings. The maximum absolute atomic E-state index is 13.8. The maximum atomic E-state index is 13.8. The van der Waals surface area contributed by atoms with E-state index >= 15 is 0 Å². The number of aldehydes is 1. The van der Waals surface area contributed by atoms with Crippen molar-refractivity contribution in [1.29, 1.82) is 0 Å². The van der Waals surface area contributed by atoms with Crippen molar-refractivity contribution < 1.29 is 34.4 Å². The van der Waals surface area contributed by atoms with Gasteiger partial charge in [0, 0.05) is 30.1 Å². The van der Waals surface area contributed by atoms with E-state index in [1.807, 2.05) is 13.8 Å². The minimum absolute atomic E-state index is 0.135. The van der Waals surface area contributed by atoms with E-state index in [9.17, 15) is 29.7 Å². The van der Waals surface area contributed by atoms with Crippen LogP contribution in [-0.4, -0.2) is 57.8 Å². The first kappa shape index (κ1) is 20.7. The number of carbonyl (C=O) groups is 3. The molecule has 9 atom stereocenters. The molecule has 9 unspecified atom stereocenters. The number of carbonyl (C=O) groups excluding carboxylic acids is 3. The van der Waals surface area contributed by atoms with Crippen LogP contribution >= 0.6 is 0 Å². The fraction of sp³-hybridized carbons (Fsp3) is 0.773. The first-order valence-electron chi connectivity index (χ1n) is 10.4. The van der Waals surface area contributed by atoms with Crippen molar-refractivity contribution in [3.63, 3.8) is 0 Å². The minimum atomic E-state index is -1.77. The Morgan fingerprint density at radius 3 is 2.45 bits per heavy atom. The third-order valence-electron chi connectivity index (χ3n) is 8.46. The summed E-state index contributed by atoms with van der Waals surface area (Å²) < 4.78 is 5.50. The maximum Gasteiger partial charge on any atom is 0.303 e. The van der Waals surface area contributed by atoms with Crippen LogP contribution in [0, 0.1) is 34.0 Å². The number of hydrogen-bond donors (Lipinski definition) is 3. The lowest BCUT2D eigenvalue weighted by atomic mass is 9.38. The van der Waals surface area contributed by atoms with Crippen LogP contribution in [-0.2, 0) is 19.1 Å². The Morgan fingerprint density at radius 2 is 1.86 bits per heavy atom. The molecule has 4 aliphatic rings. The predicted octanol–water partition coefficient (Wildman–Crippen LogP) is 0.787. The Kier molecular flexibility index (Phi) is 4.44. The van der Waals surface area contributed by atoms with Gasteiger partial charge in [0.1, 0.15) is 23.9 Å². The Morgan fingerprint density at radius 1 is 1.21 bits per heavy atom. The molecule has 4 fully saturated rings. The van der Waals surface area contributed by atoms with Gasteiger partial charge in [0.05, 0.1) is 12.2 Å². The Hall–Kier alpha value is -1.57. The molecule has 7 nitrogen and oxygen atoms in total. The fourth-order valence-corrected chi connectivity index (χ4v) is 7.68. The number of hydrogen-bond acceptors (Lipinski definition) is 7. The molecule has 160 valence electrons. The van der Waals surface area contributed by atoms with E-state index in [0.717, 1.165) is 12.7 Å². The molecule has 0 radical (unpaired) electrons. The van der Waals surface area contributed by atoms with E-state index in [-0.39, 0.29) is 6.42 Å². The summed E-state index contributed by atoms with van der Waals surface area (Å²) in [6, 6.07) is 0. The summed E-state index contributed by atoms with van der Waals surface area (Å²) >= 11 is 0. The summed E-state index contributed by atoms with van der Waals surface area (Å²) in [5, 5.41) is 33.7. The Bertz CT molecular complexity index is 788. The van der Waals surface area contributed by atoms with Crippen LogP contribution in [0.25, 0.3) is 0 Å². The molecule has 0 heterocycles. The lowest BCUT2D eigenvalue weighted by Crippen LogP contribution is -2.75. The summed E-state index contributed by atoms with van der Waals surface area (Å²) in [6.45, 7) is 9.03. The molecular weight excluding hydrogens is 376 g/mol. The van der Waals surface area contributed by atoms with Crippen LogP contribution in [0.4, 0.5) is 0 Å². The average Bonchev–Trinajstić information content (AvgIpc) is 2.75. The molecular formula is C22H30O7. The van der Waals surface area contributed by atoms with Crippen molar-refractivity contribution in [3.8, 4) is 0 Å². The quantitative estimate of drug-likeness (QED) is 0.352. The molecule has 3 N–H and O–H groups in total. The largest absolute Gasteiger partial charge is 0.457 e.